The van der Waals surface area contributed by atoms with Crippen LogP contribution < -0.4 is 0 Å². The molecule has 76 valence electrons. The van der Waals surface area contributed by atoms with Crippen molar-refractivity contribution in [3.63, 3.8) is 0 Å². The number of alkyl halides is 3. The molecule has 0 aromatic carbocycles. The third-order valence-corrected chi connectivity index (χ3v) is 2.78. The Morgan fingerprint density at radius 2 is 2.00 bits per heavy atom. The topological polar surface area (TPSA) is 12.9 Å². The van der Waals surface area contributed by atoms with Crippen molar-refractivity contribution >= 4 is 15.9 Å². The Hall–Kier alpha value is -0.580. The highest BCUT2D eigenvalue weighted by Gasteiger charge is 2.35. The Morgan fingerprint density at radius 3 is 2.43 bits per heavy atom. The van der Waals surface area contributed by atoms with Gasteiger partial charge in [-0.3, -0.25) is 4.98 Å². The maximum Gasteiger partial charge on any atom is 0.434 e. The van der Waals surface area contributed by atoms with Gasteiger partial charge in [-0.2, -0.15) is 13.2 Å². The Morgan fingerprint density at radius 1 is 1.36 bits per heavy atom. The number of pyridine rings is 1. The van der Waals surface area contributed by atoms with Crippen LogP contribution in [0.3, 0.4) is 0 Å². The summed E-state index contributed by atoms with van der Waals surface area (Å²) in [6.07, 6.45) is -0.939. The van der Waals surface area contributed by atoms with E-state index in [1.165, 1.54) is 12.3 Å². The molecule has 5 heteroatoms. The Labute approximate surface area is 87.5 Å². The van der Waals surface area contributed by atoms with Gasteiger partial charge in [0.2, 0.25) is 0 Å². The molecule has 1 nitrogen and oxygen atoms in total. The van der Waals surface area contributed by atoms with Gasteiger partial charge in [-0.1, -0.05) is 0 Å². The van der Waals surface area contributed by atoms with Crippen molar-refractivity contribution in [1.82, 2.24) is 4.98 Å². The Balaban J connectivity index is 2.35. The number of aromatic nitrogens is 1. The monoisotopic (exact) mass is 265 g/mol. The minimum Gasteiger partial charge on any atom is -0.250 e. The molecule has 2 rings (SSSR count). The number of hydrogen-bond acceptors (Lipinski definition) is 1. The van der Waals surface area contributed by atoms with E-state index in [1.807, 2.05) is 0 Å². The van der Waals surface area contributed by atoms with Gasteiger partial charge >= 0.3 is 6.18 Å². The number of halogens is 4. The van der Waals surface area contributed by atoms with E-state index in [9.17, 15) is 13.2 Å². The van der Waals surface area contributed by atoms with Gasteiger partial charge in [-0.05, 0) is 46.3 Å². The normalized spacial score (nSPS) is 17.1. The molecule has 1 aromatic heterocycles. The van der Waals surface area contributed by atoms with Gasteiger partial charge in [0.25, 0.3) is 0 Å². The molecule has 0 unspecified atom stereocenters. The number of hydrogen-bond donors (Lipinski definition) is 0. The zero-order valence-electron chi connectivity index (χ0n) is 7.11. The molecule has 0 amide bonds. The zero-order chi connectivity index (χ0) is 10.3. The first kappa shape index (κ1) is 9.96. The SMILES string of the molecule is FC(F)(F)c1ncc(C2CC2)cc1Br. The van der Waals surface area contributed by atoms with E-state index in [2.05, 4.69) is 20.9 Å². The lowest BCUT2D eigenvalue weighted by molar-refractivity contribution is -0.141. The Bertz CT molecular complexity index is 358. The average molecular weight is 266 g/mol. The van der Waals surface area contributed by atoms with E-state index < -0.39 is 11.9 Å². The quantitative estimate of drug-likeness (QED) is 0.754. The van der Waals surface area contributed by atoms with E-state index in [4.69, 9.17) is 0 Å². The molecular formula is C9H7BrF3N. The van der Waals surface area contributed by atoms with Crippen LogP contribution in [0.2, 0.25) is 0 Å². The van der Waals surface area contributed by atoms with Gasteiger partial charge in [0.15, 0.2) is 5.69 Å². The third-order valence-electron chi connectivity index (χ3n) is 2.18. The summed E-state index contributed by atoms with van der Waals surface area (Å²) in [6, 6.07) is 1.52. The summed E-state index contributed by atoms with van der Waals surface area (Å²) >= 11 is 2.90. The molecule has 1 aliphatic rings. The average Bonchev–Trinajstić information content (AvgIpc) is 2.83. The third kappa shape index (κ3) is 1.92. The van der Waals surface area contributed by atoms with Crippen molar-refractivity contribution in [1.29, 1.82) is 0 Å². The van der Waals surface area contributed by atoms with Crippen molar-refractivity contribution < 1.29 is 13.2 Å². The highest BCUT2D eigenvalue weighted by molar-refractivity contribution is 9.10. The summed E-state index contributed by atoms with van der Waals surface area (Å²) < 4.78 is 37.0. The summed E-state index contributed by atoms with van der Waals surface area (Å²) in [4.78, 5) is 3.44. The van der Waals surface area contributed by atoms with Crippen LogP contribution in [0.4, 0.5) is 13.2 Å². The first-order valence-corrected chi connectivity index (χ1v) is 5.00. The van der Waals surface area contributed by atoms with Crippen LogP contribution >= 0.6 is 15.9 Å². The van der Waals surface area contributed by atoms with Crippen molar-refractivity contribution in [3.05, 3.63) is 28.0 Å². The molecule has 0 aliphatic heterocycles. The van der Waals surface area contributed by atoms with Crippen LogP contribution in [-0.4, -0.2) is 4.98 Å². The van der Waals surface area contributed by atoms with Gasteiger partial charge in [-0.15, -0.1) is 0 Å². The summed E-state index contributed by atoms with van der Waals surface area (Å²) in [5.41, 5.74) is 0.0479. The smallest absolute Gasteiger partial charge is 0.250 e. The second-order valence-electron chi connectivity index (χ2n) is 3.37. The molecule has 1 saturated carbocycles. The van der Waals surface area contributed by atoms with Crippen LogP contribution in [0.5, 0.6) is 0 Å². The van der Waals surface area contributed by atoms with Crippen molar-refractivity contribution in [2.24, 2.45) is 0 Å². The van der Waals surface area contributed by atoms with E-state index >= 15 is 0 Å². The van der Waals surface area contributed by atoms with Gasteiger partial charge in [-0.25, -0.2) is 0 Å². The lowest BCUT2D eigenvalue weighted by Gasteiger charge is -2.08. The van der Waals surface area contributed by atoms with Crippen LogP contribution in [0.15, 0.2) is 16.7 Å². The van der Waals surface area contributed by atoms with Crippen LogP contribution in [0.25, 0.3) is 0 Å². The summed E-state index contributed by atoms with van der Waals surface area (Å²) in [5.74, 6) is 0.418. The van der Waals surface area contributed by atoms with E-state index in [0.717, 1.165) is 18.4 Å². The summed E-state index contributed by atoms with van der Waals surface area (Å²) in [6.45, 7) is 0. The summed E-state index contributed by atoms with van der Waals surface area (Å²) in [5, 5.41) is 0. The van der Waals surface area contributed by atoms with Crippen molar-refractivity contribution in [2.45, 2.75) is 24.9 Å². The van der Waals surface area contributed by atoms with E-state index in [0.29, 0.717) is 5.92 Å². The number of rotatable bonds is 1. The minimum absolute atomic E-state index is 0.0365. The fraction of sp³-hybridized carbons (Fsp3) is 0.444. The van der Waals surface area contributed by atoms with Gasteiger partial charge in [0.1, 0.15) is 0 Å². The molecule has 0 N–H and O–H groups in total. The lowest BCUT2D eigenvalue weighted by atomic mass is 10.2. The molecular weight excluding hydrogens is 259 g/mol. The maximum absolute atomic E-state index is 12.3. The van der Waals surface area contributed by atoms with Crippen molar-refractivity contribution in [3.8, 4) is 0 Å². The maximum atomic E-state index is 12.3. The highest BCUT2D eigenvalue weighted by Crippen LogP contribution is 2.42. The van der Waals surface area contributed by atoms with E-state index in [-0.39, 0.29) is 4.47 Å². The predicted octanol–water partition coefficient (Wildman–Crippen LogP) is 3.74. The molecule has 0 bridgehead atoms. The first-order valence-electron chi connectivity index (χ1n) is 4.21. The molecule has 1 heterocycles. The van der Waals surface area contributed by atoms with Gasteiger partial charge < -0.3 is 0 Å². The first-order chi connectivity index (χ1) is 6.48. The van der Waals surface area contributed by atoms with Crippen LogP contribution in [-0.2, 0) is 6.18 Å². The molecule has 1 fully saturated rings. The second kappa shape index (κ2) is 3.22. The van der Waals surface area contributed by atoms with Crippen LogP contribution in [0.1, 0.15) is 30.0 Å². The second-order valence-corrected chi connectivity index (χ2v) is 4.23. The molecule has 0 saturated heterocycles. The Kier molecular flexibility index (Phi) is 2.29. The standard InChI is InChI=1S/C9H7BrF3N/c10-7-3-6(5-1-2-5)4-14-8(7)9(11,12)13/h3-5H,1-2H2. The zero-order valence-corrected chi connectivity index (χ0v) is 8.69. The highest BCUT2D eigenvalue weighted by atomic mass is 79.9. The fourth-order valence-electron chi connectivity index (χ4n) is 1.30. The summed E-state index contributed by atoms with van der Waals surface area (Å²) in [7, 11) is 0. The van der Waals surface area contributed by atoms with Gasteiger partial charge in [0, 0.05) is 10.7 Å². The molecule has 1 aromatic rings. The van der Waals surface area contributed by atoms with Crippen LogP contribution in [0, 0.1) is 0 Å². The lowest BCUT2D eigenvalue weighted by Crippen LogP contribution is -2.09. The molecule has 14 heavy (non-hydrogen) atoms. The fourth-order valence-corrected chi connectivity index (χ4v) is 1.89. The molecule has 1 aliphatic carbocycles. The predicted molar refractivity (Wildman–Crippen MR) is 48.9 cm³/mol. The molecule has 0 spiro atoms. The minimum atomic E-state index is -4.37. The largest absolute Gasteiger partial charge is 0.434 e. The van der Waals surface area contributed by atoms with Gasteiger partial charge in [0.05, 0.1) is 0 Å². The molecule has 0 radical (unpaired) electrons. The van der Waals surface area contributed by atoms with E-state index in [1.54, 1.807) is 0 Å². The molecule has 0 atom stereocenters. The van der Waals surface area contributed by atoms with Crippen molar-refractivity contribution in [2.75, 3.05) is 0 Å². The number of nitrogens with zero attached hydrogens (tertiary/aromatic N) is 1.